The van der Waals surface area contributed by atoms with Crippen molar-refractivity contribution < 1.29 is 9.90 Å². The monoisotopic (exact) mass is 323 g/mol. The molecule has 2 aromatic carbocycles. The first-order valence-corrected chi connectivity index (χ1v) is 7.52. The highest BCUT2D eigenvalue weighted by molar-refractivity contribution is 6.33. The van der Waals surface area contributed by atoms with Gasteiger partial charge in [-0.25, -0.2) is 0 Å². The van der Waals surface area contributed by atoms with Crippen LogP contribution in [0.3, 0.4) is 0 Å². The number of carboxylic acids is 1. The van der Waals surface area contributed by atoms with Crippen LogP contribution in [0.2, 0.25) is 5.02 Å². The molecule has 0 bridgehead atoms. The molecule has 1 unspecified atom stereocenters. The number of nitrogens with zero attached hydrogens (tertiary/aromatic N) is 1. The van der Waals surface area contributed by atoms with Gasteiger partial charge in [-0.1, -0.05) is 60.1 Å². The molecule has 1 heterocycles. The molecule has 1 aromatic heterocycles. The summed E-state index contributed by atoms with van der Waals surface area (Å²) in [5, 5.41) is 10.2. The number of halogens is 1. The molecule has 114 valence electrons. The van der Waals surface area contributed by atoms with Gasteiger partial charge in [0.05, 0.1) is 0 Å². The highest BCUT2D eigenvalue weighted by Gasteiger charge is 2.22. The molecule has 0 fully saturated rings. The SMILES string of the molecule is O=C(O)C(c1ccc(-c2ccccc2Cl)cc1)c1cccnc1. The van der Waals surface area contributed by atoms with Crippen LogP contribution in [-0.2, 0) is 4.79 Å². The van der Waals surface area contributed by atoms with Crippen molar-refractivity contribution in [1.82, 2.24) is 4.98 Å². The number of hydrogen-bond donors (Lipinski definition) is 1. The molecule has 3 nitrogen and oxygen atoms in total. The van der Waals surface area contributed by atoms with E-state index in [0.29, 0.717) is 16.1 Å². The molecule has 3 rings (SSSR count). The standard InChI is InChI=1S/C19H14ClNO2/c20-17-6-2-1-5-16(17)13-7-9-14(10-8-13)18(19(22)23)15-4-3-11-21-12-15/h1-12,18H,(H,22,23). The second kappa shape index (κ2) is 6.63. The lowest BCUT2D eigenvalue weighted by Crippen LogP contribution is -2.13. The van der Waals surface area contributed by atoms with Crippen molar-refractivity contribution in [2.45, 2.75) is 5.92 Å². The smallest absolute Gasteiger partial charge is 0.315 e. The minimum atomic E-state index is -0.900. The third-order valence-electron chi connectivity index (χ3n) is 3.69. The van der Waals surface area contributed by atoms with E-state index in [2.05, 4.69) is 4.98 Å². The maximum Gasteiger partial charge on any atom is 0.315 e. The normalized spacial score (nSPS) is 11.9. The van der Waals surface area contributed by atoms with E-state index in [-0.39, 0.29) is 0 Å². The number of carboxylic acid groups (broad SMARTS) is 1. The molecule has 0 aliphatic heterocycles. The Morgan fingerprint density at radius 3 is 2.30 bits per heavy atom. The number of aliphatic carboxylic acids is 1. The third kappa shape index (κ3) is 3.25. The zero-order valence-corrected chi connectivity index (χ0v) is 12.9. The minimum Gasteiger partial charge on any atom is -0.481 e. The second-order valence-corrected chi connectivity index (χ2v) is 5.57. The quantitative estimate of drug-likeness (QED) is 0.762. The number of hydrogen-bond acceptors (Lipinski definition) is 2. The summed E-state index contributed by atoms with van der Waals surface area (Å²) in [5.74, 6) is -1.63. The van der Waals surface area contributed by atoms with Crippen LogP contribution in [0.5, 0.6) is 0 Å². The van der Waals surface area contributed by atoms with Crippen molar-refractivity contribution >= 4 is 17.6 Å². The van der Waals surface area contributed by atoms with Crippen molar-refractivity contribution in [1.29, 1.82) is 0 Å². The largest absolute Gasteiger partial charge is 0.481 e. The zero-order valence-electron chi connectivity index (χ0n) is 12.2. The molecule has 3 aromatic rings. The average molecular weight is 324 g/mol. The lowest BCUT2D eigenvalue weighted by Gasteiger charge is -2.13. The van der Waals surface area contributed by atoms with Crippen molar-refractivity contribution in [2.24, 2.45) is 0 Å². The van der Waals surface area contributed by atoms with Crippen molar-refractivity contribution in [3.05, 3.63) is 89.2 Å². The molecule has 0 saturated heterocycles. The van der Waals surface area contributed by atoms with Crippen LogP contribution in [0, 0.1) is 0 Å². The van der Waals surface area contributed by atoms with Crippen molar-refractivity contribution in [3.8, 4) is 11.1 Å². The predicted molar refractivity (Wildman–Crippen MR) is 90.6 cm³/mol. The Hall–Kier alpha value is -2.65. The summed E-state index contributed by atoms with van der Waals surface area (Å²) in [6.45, 7) is 0. The van der Waals surface area contributed by atoms with Gasteiger partial charge in [0, 0.05) is 23.0 Å². The van der Waals surface area contributed by atoms with Crippen molar-refractivity contribution in [3.63, 3.8) is 0 Å². The van der Waals surface area contributed by atoms with Gasteiger partial charge in [-0.05, 0) is 28.8 Å². The fourth-order valence-electron chi connectivity index (χ4n) is 2.57. The Morgan fingerprint density at radius 2 is 1.70 bits per heavy atom. The molecule has 4 heteroatoms. The van der Waals surface area contributed by atoms with Gasteiger partial charge < -0.3 is 5.11 Å². The predicted octanol–water partition coefficient (Wildman–Crippen LogP) is 4.62. The van der Waals surface area contributed by atoms with E-state index in [0.717, 1.165) is 11.1 Å². The second-order valence-electron chi connectivity index (χ2n) is 5.16. The summed E-state index contributed by atoms with van der Waals surface area (Å²) < 4.78 is 0. The fourth-order valence-corrected chi connectivity index (χ4v) is 2.82. The third-order valence-corrected chi connectivity index (χ3v) is 4.02. The number of aromatic nitrogens is 1. The summed E-state index contributed by atoms with van der Waals surface area (Å²) in [5.41, 5.74) is 3.25. The van der Waals surface area contributed by atoms with Gasteiger partial charge in [0.25, 0.3) is 0 Å². The first-order chi connectivity index (χ1) is 11.2. The lowest BCUT2D eigenvalue weighted by molar-refractivity contribution is -0.137. The minimum absolute atomic E-state index is 0.658. The molecule has 0 spiro atoms. The molecule has 0 aliphatic rings. The topological polar surface area (TPSA) is 50.2 Å². The van der Waals surface area contributed by atoms with E-state index in [1.165, 1.54) is 0 Å². The van der Waals surface area contributed by atoms with Gasteiger partial charge in [0.1, 0.15) is 5.92 Å². The Balaban J connectivity index is 1.98. The van der Waals surface area contributed by atoms with Crippen LogP contribution >= 0.6 is 11.6 Å². The van der Waals surface area contributed by atoms with Crippen LogP contribution in [0.4, 0.5) is 0 Å². The number of rotatable bonds is 4. The van der Waals surface area contributed by atoms with Gasteiger partial charge in [0.15, 0.2) is 0 Å². The summed E-state index contributed by atoms with van der Waals surface area (Å²) >= 11 is 6.21. The molecular formula is C19H14ClNO2. The summed E-state index contributed by atoms with van der Waals surface area (Å²) in [6, 6.07) is 18.5. The lowest BCUT2D eigenvalue weighted by atomic mass is 9.91. The Morgan fingerprint density at radius 1 is 0.957 bits per heavy atom. The first-order valence-electron chi connectivity index (χ1n) is 7.14. The summed E-state index contributed by atoms with van der Waals surface area (Å²) in [6.07, 6.45) is 3.21. The molecular weight excluding hydrogens is 310 g/mol. The van der Waals surface area contributed by atoms with Crippen LogP contribution in [0.25, 0.3) is 11.1 Å². The van der Waals surface area contributed by atoms with Gasteiger partial charge in [-0.15, -0.1) is 0 Å². The fraction of sp³-hybridized carbons (Fsp3) is 0.0526. The highest BCUT2D eigenvalue weighted by atomic mass is 35.5. The van der Waals surface area contributed by atoms with Crippen LogP contribution in [0.1, 0.15) is 17.0 Å². The first kappa shape index (κ1) is 15.3. The molecule has 1 atom stereocenters. The van der Waals surface area contributed by atoms with E-state index < -0.39 is 11.9 Å². The van der Waals surface area contributed by atoms with E-state index in [4.69, 9.17) is 11.6 Å². The van der Waals surface area contributed by atoms with Gasteiger partial charge in [0.2, 0.25) is 0 Å². The summed E-state index contributed by atoms with van der Waals surface area (Å²) in [7, 11) is 0. The van der Waals surface area contributed by atoms with E-state index in [1.807, 2.05) is 48.5 Å². The van der Waals surface area contributed by atoms with Gasteiger partial charge in [-0.2, -0.15) is 0 Å². The zero-order chi connectivity index (χ0) is 16.2. The Kier molecular flexibility index (Phi) is 4.40. The molecule has 23 heavy (non-hydrogen) atoms. The highest BCUT2D eigenvalue weighted by Crippen LogP contribution is 2.30. The number of carbonyl (C=O) groups is 1. The molecule has 0 aliphatic carbocycles. The van der Waals surface area contributed by atoms with E-state index >= 15 is 0 Å². The van der Waals surface area contributed by atoms with Crippen LogP contribution in [-0.4, -0.2) is 16.1 Å². The van der Waals surface area contributed by atoms with Gasteiger partial charge in [-0.3, -0.25) is 9.78 Å². The molecule has 0 amide bonds. The van der Waals surface area contributed by atoms with Crippen LogP contribution < -0.4 is 0 Å². The molecule has 0 radical (unpaired) electrons. The number of benzene rings is 2. The van der Waals surface area contributed by atoms with Crippen LogP contribution in [0.15, 0.2) is 73.1 Å². The van der Waals surface area contributed by atoms with E-state index in [1.54, 1.807) is 24.5 Å². The molecule has 0 saturated carbocycles. The number of pyridine rings is 1. The summed E-state index contributed by atoms with van der Waals surface area (Å²) in [4.78, 5) is 15.7. The van der Waals surface area contributed by atoms with E-state index in [9.17, 15) is 9.90 Å². The maximum atomic E-state index is 11.7. The Labute approximate surface area is 139 Å². The molecule has 1 N–H and O–H groups in total. The Bertz CT molecular complexity index is 816. The van der Waals surface area contributed by atoms with Crippen molar-refractivity contribution in [2.75, 3.05) is 0 Å². The van der Waals surface area contributed by atoms with Gasteiger partial charge >= 0.3 is 5.97 Å². The maximum absolute atomic E-state index is 11.7. The average Bonchev–Trinajstić information content (AvgIpc) is 2.57.